The fourth-order valence-corrected chi connectivity index (χ4v) is 3.24. The van der Waals surface area contributed by atoms with Gasteiger partial charge in [-0.1, -0.05) is 18.2 Å². The molecular formula is C22H24N2O5. The number of fused-ring (bicyclic) bond motifs is 1. The minimum Gasteiger partial charge on any atom is -0.495 e. The molecule has 0 bridgehead atoms. The molecule has 7 nitrogen and oxygen atoms in total. The van der Waals surface area contributed by atoms with Gasteiger partial charge in [-0.25, -0.2) is 0 Å². The van der Waals surface area contributed by atoms with E-state index in [1.807, 2.05) is 37.1 Å². The van der Waals surface area contributed by atoms with Crippen LogP contribution >= 0.6 is 0 Å². The molecule has 1 heterocycles. The molecule has 0 fully saturated rings. The van der Waals surface area contributed by atoms with Crippen molar-refractivity contribution < 1.29 is 23.9 Å². The van der Waals surface area contributed by atoms with Gasteiger partial charge in [0.25, 0.3) is 11.8 Å². The zero-order valence-electron chi connectivity index (χ0n) is 16.8. The third-order valence-corrected chi connectivity index (χ3v) is 4.85. The Labute approximate surface area is 169 Å². The number of ether oxygens (including phenoxy) is 2. The van der Waals surface area contributed by atoms with Crippen molar-refractivity contribution in [2.75, 3.05) is 38.8 Å². The Morgan fingerprint density at radius 1 is 1.07 bits per heavy atom. The Bertz CT molecular complexity index is 906. The van der Waals surface area contributed by atoms with Gasteiger partial charge in [0.05, 0.1) is 36.9 Å². The van der Waals surface area contributed by atoms with Gasteiger partial charge in [-0.05, 0) is 36.8 Å². The van der Waals surface area contributed by atoms with Crippen molar-refractivity contribution in [3.05, 3.63) is 59.2 Å². The first kappa shape index (κ1) is 20.4. The molecule has 29 heavy (non-hydrogen) atoms. The van der Waals surface area contributed by atoms with Crippen LogP contribution in [-0.4, -0.2) is 56.5 Å². The highest BCUT2D eigenvalue weighted by Crippen LogP contribution is 2.28. The van der Waals surface area contributed by atoms with Crippen LogP contribution in [0.15, 0.2) is 42.5 Å². The molecule has 0 saturated carbocycles. The number of benzene rings is 2. The smallest absolute Gasteiger partial charge is 0.307 e. The van der Waals surface area contributed by atoms with Gasteiger partial charge in [0.15, 0.2) is 0 Å². The zero-order chi connectivity index (χ0) is 21.0. The molecule has 7 heteroatoms. The van der Waals surface area contributed by atoms with Crippen molar-refractivity contribution in [1.29, 1.82) is 0 Å². The summed E-state index contributed by atoms with van der Waals surface area (Å²) in [7, 11) is 3.48. The number of esters is 1. The monoisotopic (exact) mass is 396 g/mol. The van der Waals surface area contributed by atoms with Gasteiger partial charge in [0.1, 0.15) is 12.4 Å². The Hall–Kier alpha value is -3.35. The highest BCUT2D eigenvalue weighted by atomic mass is 16.5. The first-order valence-corrected chi connectivity index (χ1v) is 9.39. The SMILES string of the molecule is COc1ccc(C)cc1N(C)CCC(=O)OCCN1C(=O)c2ccccc2C1=O. The van der Waals surface area contributed by atoms with Gasteiger partial charge in [-0.3, -0.25) is 19.3 Å². The Morgan fingerprint density at radius 3 is 2.34 bits per heavy atom. The first-order valence-electron chi connectivity index (χ1n) is 9.39. The second-order valence-electron chi connectivity index (χ2n) is 6.87. The lowest BCUT2D eigenvalue weighted by molar-refractivity contribution is -0.143. The molecule has 0 unspecified atom stereocenters. The number of anilines is 1. The third-order valence-electron chi connectivity index (χ3n) is 4.85. The van der Waals surface area contributed by atoms with Gasteiger partial charge in [-0.2, -0.15) is 0 Å². The summed E-state index contributed by atoms with van der Waals surface area (Å²) in [5, 5.41) is 0. The van der Waals surface area contributed by atoms with Crippen molar-refractivity contribution in [2.24, 2.45) is 0 Å². The maximum Gasteiger partial charge on any atom is 0.307 e. The van der Waals surface area contributed by atoms with E-state index in [-0.39, 0.29) is 37.4 Å². The van der Waals surface area contributed by atoms with E-state index >= 15 is 0 Å². The van der Waals surface area contributed by atoms with Crippen LogP contribution < -0.4 is 9.64 Å². The molecule has 2 aromatic carbocycles. The number of methoxy groups -OCH3 is 1. The molecular weight excluding hydrogens is 372 g/mol. The van der Waals surface area contributed by atoms with Crippen LogP contribution in [0.4, 0.5) is 5.69 Å². The van der Waals surface area contributed by atoms with E-state index in [0.29, 0.717) is 17.7 Å². The van der Waals surface area contributed by atoms with Crippen molar-refractivity contribution in [1.82, 2.24) is 4.90 Å². The van der Waals surface area contributed by atoms with Crippen molar-refractivity contribution in [2.45, 2.75) is 13.3 Å². The summed E-state index contributed by atoms with van der Waals surface area (Å²) in [6.07, 6.45) is 0.176. The van der Waals surface area contributed by atoms with Crippen molar-refractivity contribution in [3.8, 4) is 5.75 Å². The first-order chi connectivity index (χ1) is 13.9. The Kier molecular flexibility index (Phi) is 6.16. The quantitative estimate of drug-likeness (QED) is 0.504. The molecule has 2 aromatic rings. The van der Waals surface area contributed by atoms with Crippen LogP contribution in [-0.2, 0) is 9.53 Å². The summed E-state index contributed by atoms with van der Waals surface area (Å²) >= 11 is 0. The van der Waals surface area contributed by atoms with Gasteiger partial charge in [-0.15, -0.1) is 0 Å². The lowest BCUT2D eigenvalue weighted by atomic mass is 10.1. The molecule has 0 aromatic heterocycles. The van der Waals surface area contributed by atoms with Crippen molar-refractivity contribution in [3.63, 3.8) is 0 Å². The van der Waals surface area contributed by atoms with Crippen LogP contribution in [0.2, 0.25) is 0 Å². The van der Waals surface area contributed by atoms with Gasteiger partial charge in [0, 0.05) is 13.6 Å². The largest absolute Gasteiger partial charge is 0.495 e. The minimum absolute atomic E-state index is 0.0260. The lowest BCUT2D eigenvalue weighted by Crippen LogP contribution is -2.33. The molecule has 0 saturated heterocycles. The van der Waals surface area contributed by atoms with Crippen molar-refractivity contribution >= 4 is 23.5 Å². The Balaban J connectivity index is 1.47. The van der Waals surface area contributed by atoms with E-state index in [9.17, 15) is 14.4 Å². The molecule has 0 radical (unpaired) electrons. The summed E-state index contributed by atoms with van der Waals surface area (Å²) in [6.45, 7) is 2.46. The molecule has 0 aliphatic carbocycles. The molecule has 2 amide bonds. The predicted molar refractivity (Wildman–Crippen MR) is 108 cm³/mol. The van der Waals surface area contributed by atoms with E-state index in [1.165, 1.54) is 0 Å². The highest BCUT2D eigenvalue weighted by Gasteiger charge is 2.34. The molecule has 152 valence electrons. The number of imide groups is 1. The van der Waals surface area contributed by atoms with Gasteiger partial charge >= 0.3 is 5.97 Å². The molecule has 0 spiro atoms. The molecule has 0 atom stereocenters. The van der Waals surface area contributed by atoms with Crippen LogP contribution in [0.3, 0.4) is 0 Å². The number of carbonyl (C=O) groups is 3. The fraction of sp³-hybridized carbons (Fsp3) is 0.318. The second-order valence-corrected chi connectivity index (χ2v) is 6.87. The maximum atomic E-state index is 12.3. The summed E-state index contributed by atoms with van der Waals surface area (Å²) < 4.78 is 10.6. The number of carbonyl (C=O) groups excluding carboxylic acids is 3. The number of rotatable bonds is 8. The molecule has 1 aliphatic rings. The second kappa shape index (κ2) is 8.77. The maximum absolute atomic E-state index is 12.3. The van der Waals surface area contributed by atoms with E-state index in [4.69, 9.17) is 9.47 Å². The van der Waals surface area contributed by atoms with Crippen LogP contribution in [0.1, 0.15) is 32.7 Å². The number of aryl methyl sites for hydroxylation is 1. The van der Waals surface area contributed by atoms with Crippen LogP contribution in [0.25, 0.3) is 0 Å². The number of nitrogens with zero attached hydrogens (tertiary/aromatic N) is 2. The summed E-state index contributed by atoms with van der Waals surface area (Å²) in [5.74, 6) is -0.363. The summed E-state index contributed by atoms with van der Waals surface area (Å²) in [5.41, 5.74) is 2.76. The standard InChI is InChI=1S/C22H24N2O5/c1-15-8-9-19(28-3)18(14-15)23(2)11-10-20(25)29-13-12-24-21(26)16-6-4-5-7-17(16)22(24)27/h4-9,14H,10-13H2,1-3H3. The number of hydrogen-bond donors (Lipinski definition) is 0. The normalized spacial score (nSPS) is 12.7. The van der Waals surface area contributed by atoms with E-state index in [2.05, 4.69) is 0 Å². The average Bonchev–Trinajstić information content (AvgIpc) is 2.97. The molecule has 0 N–H and O–H groups in total. The summed E-state index contributed by atoms with van der Waals surface area (Å²) in [4.78, 5) is 39.7. The Morgan fingerprint density at radius 2 is 1.72 bits per heavy atom. The van der Waals surface area contributed by atoms with Gasteiger partial charge < -0.3 is 14.4 Å². The van der Waals surface area contributed by atoms with Gasteiger partial charge in [0.2, 0.25) is 0 Å². The minimum atomic E-state index is -0.389. The van der Waals surface area contributed by atoms with E-state index in [1.54, 1.807) is 31.4 Å². The van der Waals surface area contributed by atoms with E-state index < -0.39 is 0 Å². The topological polar surface area (TPSA) is 76.2 Å². The average molecular weight is 396 g/mol. The van der Waals surface area contributed by atoms with Crippen LogP contribution in [0, 0.1) is 6.92 Å². The molecule has 3 rings (SSSR count). The lowest BCUT2D eigenvalue weighted by Gasteiger charge is -2.22. The number of hydrogen-bond acceptors (Lipinski definition) is 6. The number of amides is 2. The van der Waals surface area contributed by atoms with Crippen LogP contribution in [0.5, 0.6) is 5.75 Å². The fourth-order valence-electron chi connectivity index (χ4n) is 3.24. The third kappa shape index (κ3) is 4.39. The van der Waals surface area contributed by atoms with E-state index in [0.717, 1.165) is 21.9 Å². The highest BCUT2D eigenvalue weighted by molar-refractivity contribution is 6.21. The molecule has 1 aliphatic heterocycles. The zero-order valence-corrected chi connectivity index (χ0v) is 16.8. The summed E-state index contributed by atoms with van der Waals surface area (Å²) in [6, 6.07) is 12.5. The predicted octanol–water partition coefficient (Wildman–Crippen LogP) is 2.67.